The first kappa shape index (κ1) is 21.0. The molecular weight excluding hydrogens is 322 g/mol. The van der Waals surface area contributed by atoms with E-state index in [9.17, 15) is 14.7 Å². The molecule has 1 N–H and O–H groups in total. The number of methoxy groups -OCH3 is 1. The molecule has 140 valence electrons. The summed E-state index contributed by atoms with van der Waals surface area (Å²) in [6, 6.07) is 5.42. The van der Waals surface area contributed by atoms with Crippen LogP contribution < -0.4 is 4.74 Å². The minimum atomic E-state index is -0.477. The molecule has 1 aromatic rings. The molecule has 0 aliphatic rings. The zero-order valence-electron chi connectivity index (χ0n) is 15.7. The third-order valence-corrected chi connectivity index (χ3v) is 4.27. The van der Waals surface area contributed by atoms with Crippen LogP contribution in [0.25, 0.3) is 0 Å². The van der Waals surface area contributed by atoms with Gasteiger partial charge < -0.3 is 19.5 Å². The van der Waals surface area contributed by atoms with E-state index in [-0.39, 0.29) is 37.7 Å². The van der Waals surface area contributed by atoms with Gasteiger partial charge in [-0.25, -0.2) is 0 Å². The monoisotopic (exact) mass is 351 g/mol. The van der Waals surface area contributed by atoms with Crippen molar-refractivity contribution in [2.75, 3.05) is 26.9 Å². The molecule has 0 aliphatic heterocycles. The highest BCUT2D eigenvalue weighted by molar-refractivity contribution is 5.79. The smallest absolute Gasteiger partial charge is 0.310 e. The van der Waals surface area contributed by atoms with Crippen molar-refractivity contribution in [1.29, 1.82) is 0 Å². The zero-order valence-corrected chi connectivity index (χ0v) is 15.7. The average Bonchev–Trinajstić information content (AvgIpc) is 2.60. The topological polar surface area (TPSA) is 76.1 Å². The molecule has 0 aliphatic carbocycles. The van der Waals surface area contributed by atoms with Gasteiger partial charge in [-0.15, -0.1) is 0 Å². The van der Waals surface area contributed by atoms with E-state index in [0.717, 1.165) is 11.1 Å². The van der Waals surface area contributed by atoms with Gasteiger partial charge in [0.15, 0.2) is 6.61 Å². The molecule has 25 heavy (non-hydrogen) atoms. The van der Waals surface area contributed by atoms with Gasteiger partial charge in [-0.3, -0.25) is 9.59 Å². The lowest BCUT2D eigenvalue weighted by Gasteiger charge is -2.31. The quantitative estimate of drug-likeness (QED) is 0.690. The number of benzene rings is 1. The van der Waals surface area contributed by atoms with Crippen LogP contribution in [0, 0.1) is 19.8 Å². The van der Waals surface area contributed by atoms with E-state index in [0.29, 0.717) is 12.2 Å². The fourth-order valence-corrected chi connectivity index (χ4v) is 2.72. The SMILES string of the molecule is CCC(CO)N(CC(C)C(=O)OC)C(=O)COc1c(C)cccc1C. The molecule has 0 bridgehead atoms. The van der Waals surface area contributed by atoms with Crippen LogP contribution in [-0.4, -0.2) is 54.8 Å². The van der Waals surface area contributed by atoms with Crippen molar-refractivity contribution in [3.05, 3.63) is 29.3 Å². The first-order valence-corrected chi connectivity index (χ1v) is 8.52. The second kappa shape index (κ2) is 10.0. The highest BCUT2D eigenvalue weighted by atomic mass is 16.5. The fourth-order valence-electron chi connectivity index (χ4n) is 2.72. The van der Waals surface area contributed by atoms with Crippen LogP contribution in [0.3, 0.4) is 0 Å². The standard InChI is InChI=1S/C19H29NO5/c1-6-16(11-21)20(10-15(4)19(23)24-5)17(22)12-25-18-13(2)8-7-9-14(18)3/h7-9,15-16,21H,6,10-12H2,1-5H3. The van der Waals surface area contributed by atoms with Crippen molar-refractivity contribution >= 4 is 11.9 Å². The summed E-state index contributed by atoms with van der Waals surface area (Å²) >= 11 is 0. The number of aliphatic hydroxyl groups excluding tert-OH is 1. The van der Waals surface area contributed by atoms with Gasteiger partial charge in [0.2, 0.25) is 0 Å². The number of nitrogens with zero attached hydrogens (tertiary/aromatic N) is 1. The van der Waals surface area contributed by atoms with Gasteiger partial charge in [-0.05, 0) is 31.4 Å². The van der Waals surface area contributed by atoms with Crippen LogP contribution in [0.5, 0.6) is 5.75 Å². The minimum absolute atomic E-state index is 0.143. The van der Waals surface area contributed by atoms with E-state index in [2.05, 4.69) is 0 Å². The molecular formula is C19H29NO5. The number of esters is 1. The number of amides is 1. The van der Waals surface area contributed by atoms with Crippen molar-refractivity contribution in [3.63, 3.8) is 0 Å². The van der Waals surface area contributed by atoms with Gasteiger partial charge in [0, 0.05) is 6.54 Å². The molecule has 0 saturated carbocycles. The second-order valence-electron chi connectivity index (χ2n) is 6.22. The number of hydrogen-bond acceptors (Lipinski definition) is 5. The van der Waals surface area contributed by atoms with Crippen molar-refractivity contribution in [3.8, 4) is 5.75 Å². The van der Waals surface area contributed by atoms with Crippen molar-refractivity contribution in [2.24, 2.45) is 5.92 Å². The molecule has 0 fully saturated rings. The summed E-state index contributed by atoms with van der Waals surface area (Å²) in [4.78, 5) is 25.9. The van der Waals surface area contributed by atoms with Crippen LogP contribution in [0.4, 0.5) is 0 Å². The highest BCUT2D eigenvalue weighted by Crippen LogP contribution is 2.22. The third kappa shape index (κ3) is 5.74. The first-order chi connectivity index (χ1) is 11.8. The molecule has 0 radical (unpaired) electrons. The summed E-state index contributed by atoms with van der Waals surface area (Å²) in [5.74, 6) is -0.441. The maximum atomic E-state index is 12.7. The molecule has 0 spiro atoms. The number of carbonyl (C=O) groups excluding carboxylic acids is 2. The lowest BCUT2D eigenvalue weighted by molar-refractivity contribution is -0.148. The summed E-state index contributed by atoms with van der Waals surface area (Å²) in [7, 11) is 1.32. The summed E-state index contributed by atoms with van der Waals surface area (Å²) in [6.07, 6.45) is 0.583. The Morgan fingerprint density at radius 1 is 1.24 bits per heavy atom. The molecule has 1 rings (SSSR count). The van der Waals surface area contributed by atoms with Crippen LogP contribution in [0.1, 0.15) is 31.4 Å². The number of hydrogen-bond donors (Lipinski definition) is 1. The highest BCUT2D eigenvalue weighted by Gasteiger charge is 2.27. The van der Waals surface area contributed by atoms with Gasteiger partial charge in [-0.2, -0.15) is 0 Å². The second-order valence-corrected chi connectivity index (χ2v) is 6.22. The molecule has 2 unspecified atom stereocenters. The van der Waals surface area contributed by atoms with E-state index >= 15 is 0 Å². The van der Waals surface area contributed by atoms with Crippen LogP contribution in [0.2, 0.25) is 0 Å². The first-order valence-electron chi connectivity index (χ1n) is 8.52. The molecule has 2 atom stereocenters. The Bertz CT molecular complexity index is 563. The van der Waals surface area contributed by atoms with Crippen molar-refractivity contribution in [1.82, 2.24) is 4.90 Å². The van der Waals surface area contributed by atoms with Crippen LogP contribution >= 0.6 is 0 Å². The Morgan fingerprint density at radius 2 is 1.84 bits per heavy atom. The maximum absolute atomic E-state index is 12.7. The Hall–Kier alpha value is -2.08. The Kier molecular flexibility index (Phi) is 8.41. The normalized spacial score (nSPS) is 13.0. The number of para-hydroxylation sites is 1. The van der Waals surface area contributed by atoms with Crippen molar-refractivity contribution in [2.45, 2.75) is 40.2 Å². The molecule has 0 aromatic heterocycles. The molecule has 6 nitrogen and oxygen atoms in total. The van der Waals surface area contributed by atoms with E-state index in [1.54, 1.807) is 6.92 Å². The number of rotatable bonds is 9. The van der Waals surface area contributed by atoms with E-state index in [1.807, 2.05) is 39.0 Å². The zero-order chi connectivity index (χ0) is 19.0. The van der Waals surface area contributed by atoms with E-state index in [4.69, 9.17) is 9.47 Å². The summed E-state index contributed by atoms with van der Waals surface area (Å²) in [5.41, 5.74) is 1.91. The molecule has 1 aromatic carbocycles. The third-order valence-electron chi connectivity index (χ3n) is 4.27. The Labute approximate surface area is 149 Å². The fraction of sp³-hybridized carbons (Fsp3) is 0.579. The molecule has 0 saturated heterocycles. The van der Waals surface area contributed by atoms with Crippen LogP contribution in [-0.2, 0) is 14.3 Å². The predicted molar refractivity (Wildman–Crippen MR) is 95.5 cm³/mol. The van der Waals surface area contributed by atoms with Crippen molar-refractivity contribution < 1.29 is 24.2 Å². The summed E-state index contributed by atoms with van der Waals surface area (Å²) < 4.78 is 10.5. The van der Waals surface area contributed by atoms with Gasteiger partial charge in [0.1, 0.15) is 5.75 Å². The maximum Gasteiger partial charge on any atom is 0.310 e. The van der Waals surface area contributed by atoms with E-state index in [1.165, 1.54) is 12.0 Å². The molecule has 1 amide bonds. The van der Waals surface area contributed by atoms with Gasteiger partial charge >= 0.3 is 5.97 Å². The molecule has 0 heterocycles. The Balaban J connectivity index is 2.86. The number of aryl methyl sites for hydroxylation is 2. The van der Waals surface area contributed by atoms with Gasteiger partial charge in [-0.1, -0.05) is 32.0 Å². The molecule has 6 heteroatoms. The average molecular weight is 351 g/mol. The van der Waals surface area contributed by atoms with Gasteiger partial charge in [0.05, 0.1) is 25.7 Å². The minimum Gasteiger partial charge on any atom is -0.483 e. The lowest BCUT2D eigenvalue weighted by atomic mass is 10.1. The largest absolute Gasteiger partial charge is 0.483 e. The number of carbonyl (C=O) groups is 2. The predicted octanol–water partition coefficient (Wildman–Crippen LogP) is 2.09. The summed E-state index contributed by atoms with van der Waals surface area (Å²) in [6.45, 7) is 7.30. The number of aliphatic hydroxyl groups is 1. The number of ether oxygens (including phenoxy) is 2. The summed E-state index contributed by atoms with van der Waals surface area (Å²) in [5, 5.41) is 9.58. The van der Waals surface area contributed by atoms with E-state index < -0.39 is 5.92 Å². The van der Waals surface area contributed by atoms with Gasteiger partial charge in [0.25, 0.3) is 5.91 Å². The Morgan fingerprint density at radius 3 is 2.32 bits per heavy atom. The van der Waals surface area contributed by atoms with Crippen LogP contribution in [0.15, 0.2) is 18.2 Å². The lowest BCUT2D eigenvalue weighted by Crippen LogP contribution is -2.47.